The van der Waals surface area contributed by atoms with Crippen molar-refractivity contribution >= 4 is 0 Å². The highest BCUT2D eigenvalue weighted by Crippen LogP contribution is 2.54. The lowest BCUT2D eigenvalue weighted by Gasteiger charge is -2.44. The molecule has 1 saturated heterocycles. The molecule has 2 saturated carbocycles. The highest BCUT2D eigenvalue weighted by Gasteiger charge is 2.65. The van der Waals surface area contributed by atoms with Crippen LogP contribution in [0.5, 0.6) is 5.75 Å². The summed E-state index contributed by atoms with van der Waals surface area (Å²) in [5.74, 6) is -20.0. The summed E-state index contributed by atoms with van der Waals surface area (Å²) in [6, 6.07) is 0.494. The van der Waals surface area contributed by atoms with Crippen molar-refractivity contribution in [3.05, 3.63) is 41.7 Å². The van der Waals surface area contributed by atoms with Gasteiger partial charge in [0.25, 0.3) is 0 Å². The fraction of sp³-hybridized carbons (Fsp3) is 0.733. The summed E-state index contributed by atoms with van der Waals surface area (Å²) >= 11 is 0. The SMILES string of the molecule is C/C=C/CCC1COC(C2CCC(C(F)(F)C(F)(F)C3CCC(C(F)(F)Oc4cc(F)c(F)c(F)c4)CC3)CC2)OC1. The molecular weight excluding hydrogens is 579 g/mol. The van der Waals surface area contributed by atoms with Crippen LogP contribution in [0, 0.1) is 47.0 Å². The van der Waals surface area contributed by atoms with Crippen molar-refractivity contribution in [3.8, 4) is 5.75 Å². The van der Waals surface area contributed by atoms with Crippen LogP contribution in [0.25, 0.3) is 0 Å². The molecule has 4 rings (SSSR count). The van der Waals surface area contributed by atoms with Crippen molar-refractivity contribution in [2.24, 2.45) is 29.6 Å². The number of hydrogen-bond acceptors (Lipinski definition) is 3. The quantitative estimate of drug-likeness (QED) is 0.149. The molecular formula is C30H37F9O3. The molecule has 0 atom stereocenters. The molecule has 1 aromatic rings. The highest BCUT2D eigenvalue weighted by atomic mass is 19.3. The minimum atomic E-state index is -4.41. The standard InChI is InChI=1S/C30H37F9O3/c1-2-3-4-5-18-16-40-27(41-17-18)19-6-8-20(9-7-19)28(34,35)29(36,37)21-10-12-22(13-11-21)30(38,39)42-23-14-24(31)26(33)25(32)15-23/h2-3,14-15,18-22,27H,4-13,16-17H2,1H3/b3-2+. The Bertz CT molecular complexity index is 1030. The Hall–Kier alpha value is -1.95. The van der Waals surface area contributed by atoms with E-state index in [2.05, 4.69) is 10.8 Å². The zero-order chi connectivity index (χ0) is 30.7. The maximum Gasteiger partial charge on any atom is 0.400 e. The monoisotopic (exact) mass is 616 g/mol. The molecule has 3 nitrogen and oxygen atoms in total. The molecule has 12 heteroatoms. The first-order chi connectivity index (χ1) is 19.8. The third-order valence-electron chi connectivity index (χ3n) is 9.01. The Morgan fingerprint density at radius 3 is 1.74 bits per heavy atom. The Labute approximate surface area is 239 Å². The molecule has 1 aliphatic heterocycles. The van der Waals surface area contributed by atoms with Crippen LogP contribution in [-0.4, -0.2) is 37.5 Å². The second-order valence-electron chi connectivity index (χ2n) is 11.8. The van der Waals surface area contributed by atoms with Crippen LogP contribution in [0.1, 0.15) is 71.1 Å². The molecule has 0 bridgehead atoms. The van der Waals surface area contributed by atoms with Gasteiger partial charge in [0.1, 0.15) is 5.75 Å². The van der Waals surface area contributed by atoms with E-state index in [1.807, 2.05) is 13.0 Å². The fourth-order valence-electron chi connectivity index (χ4n) is 6.42. The lowest BCUT2D eigenvalue weighted by Crippen LogP contribution is -2.53. The van der Waals surface area contributed by atoms with Gasteiger partial charge in [0.05, 0.1) is 19.1 Å². The molecule has 0 aromatic heterocycles. The molecule has 0 N–H and O–H groups in total. The number of ether oxygens (including phenoxy) is 3. The summed E-state index contributed by atoms with van der Waals surface area (Å²) in [5.41, 5.74) is 0. The molecule has 3 fully saturated rings. The second kappa shape index (κ2) is 13.4. The predicted octanol–water partition coefficient (Wildman–Crippen LogP) is 9.30. The molecule has 0 amide bonds. The van der Waals surface area contributed by atoms with Crippen LogP contribution in [0.15, 0.2) is 24.3 Å². The topological polar surface area (TPSA) is 27.7 Å². The van der Waals surface area contributed by atoms with Gasteiger partial charge >= 0.3 is 18.0 Å². The Morgan fingerprint density at radius 1 is 0.762 bits per heavy atom. The zero-order valence-electron chi connectivity index (χ0n) is 23.4. The summed E-state index contributed by atoms with van der Waals surface area (Å²) < 4.78 is 146. The van der Waals surface area contributed by atoms with Crippen LogP contribution < -0.4 is 4.74 Å². The smallest absolute Gasteiger partial charge is 0.400 e. The van der Waals surface area contributed by atoms with Gasteiger partial charge in [-0.05, 0) is 71.1 Å². The number of benzene rings is 1. The van der Waals surface area contributed by atoms with Crippen molar-refractivity contribution in [2.75, 3.05) is 13.2 Å². The number of halogens is 9. The van der Waals surface area contributed by atoms with Gasteiger partial charge in [0, 0.05) is 35.8 Å². The Morgan fingerprint density at radius 2 is 1.24 bits per heavy atom. The predicted molar refractivity (Wildman–Crippen MR) is 136 cm³/mol. The molecule has 42 heavy (non-hydrogen) atoms. The zero-order valence-corrected chi connectivity index (χ0v) is 23.4. The van der Waals surface area contributed by atoms with Gasteiger partial charge in [-0.2, -0.15) is 26.3 Å². The normalized spacial score (nSPS) is 30.0. The molecule has 2 aliphatic carbocycles. The first-order valence-electron chi connectivity index (χ1n) is 14.6. The molecule has 3 aliphatic rings. The van der Waals surface area contributed by atoms with E-state index in [-0.39, 0.29) is 49.7 Å². The van der Waals surface area contributed by atoms with Crippen molar-refractivity contribution in [3.63, 3.8) is 0 Å². The van der Waals surface area contributed by atoms with Crippen molar-refractivity contribution in [1.29, 1.82) is 0 Å². The van der Waals surface area contributed by atoms with Gasteiger partial charge in [0.2, 0.25) is 0 Å². The van der Waals surface area contributed by atoms with Crippen LogP contribution in [0.2, 0.25) is 0 Å². The Kier molecular flexibility index (Phi) is 10.5. The van der Waals surface area contributed by atoms with E-state index in [0.29, 0.717) is 13.2 Å². The van der Waals surface area contributed by atoms with E-state index in [4.69, 9.17) is 9.47 Å². The second-order valence-corrected chi connectivity index (χ2v) is 11.8. The summed E-state index contributed by atoms with van der Waals surface area (Å²) in [6.45, 7) is 2.94. The number of alkyl halides is 6. The maximum atomic E-state index is 15.3. The van der Waals surface area contributed by atoms with Crippen LogP contribution in [0.4, 0.5) is 39.5 Å². The summed E-state index contributed by atoms with van der Waals surface area (Å²) in [4.78, 5) is 0. The van der Waals surface area contributed by atoms with E-state index in [0.717, 1.165) is 12.8 Å². The number of allylic oxidation sites excluding steroid dienone is 2. The third-order valence-corrected chi connectivity index (χ3v) is 9.01. The lowest BCUT2D eigenvalue weighted by molar-refractivity contribution is -0.281. The van der Waals surface area contributed by atoms with Crippen LogP contribution >= 0.6 is 0 Å². The van der Waals surface area contributed by atoms with Crippen molar-refractivity contribution in [2.45, 2.75) is 95.4 Å². The molecule has 1 aromatic carbocycles. The van der Waals surface area contributed by atoms with Gasteiger partial charge in [-0.3, -0.25) is 0 Å². The largest absolute Gasteiger partial charge is 0.432 e. The number of rotatable bonds is 10. The average Bonchev–Trinajstić information content (AvgIpc) is 2.96. The molecule has 0 unspecified atom stereocenters. The molecule has 1 heterocycles. The van der Waals surface area contributed by atoms with E-state index in [9.17, 15) is 22.0 Å². The van der Waals surface area contributed by atoms with Gasteiger partial charge < -0.3 is 14.2 Å². The Balaban J connectivity index is 1.27. The molecule has 0 spiro atoms. The minimum Gasteiger partial charge on any atom is -0.432 e. The molecule has 238 valence electrons. The van der Waals surface area contributed by atoms with Gasteiger partial charge in [-0.15, -0.1) is 0 Å². The minimum absolute atomic E-state index is 0.132. The first kappa shape index (κ1) is 33.0. The lowest BCUT2D eigenvalue weighted by atomic mass is 9.71. The average molecular weight is 617 g/mol. The number of hydrogen-bond donors (Lipinski definition) is 0. The summed E-state index contributed by atoms with van der Waals surface area (Å²) in [5, 5.41) is 0. The summed E-state index contributed by atoms with van der Waals surface area (Å²) in [6.07, 6.45) is -0.821. The van der Waals surface area contributed by atoms with Gasteiger partial charge in [-0.25, -0.2) is 13.2 Å². The van der Waals surface area contributed by atoms with Crippen LogP contribution in [-0.2, 0) is 9.47 Å². The van der Waals surface area contributed by atoms with Gasteiger partial charge in [-0.1, -0.05) is 12.2 Å². The van der Waals surface area contributed by atoms with E-state index < -0.39 is 90.9 Å². The third kappa shape index (κ3) is 7.22. The van der Waals surface area contributed by atoms with Crippen molar-refractivity contribution in [1.82, 2.24) is 0 Å². The van der Waals surface area contributed by atoms with Crippen LogP contribution in [0.3, 0.4) is 0 Å². The van der Waals surface area contributed by atoms with E-state index in [1.165, 1.54) is 0 Å². The van der Waals surface area contributed by atoms with Crippen molar-refractivity contribution < 1.29 is 53.7 Å². The van der Waals surface area contributed by atoms with E-state index in [1.54, 1.807) is 0 Å². The summed E-state index contributed by atoms with van der Waals surface area (Å²) in [7, 11) is 0. The molecule has 0 radical (unpaired) electrons. The van der Waals surface area contributed by atoms with E-state index >= 15 is 17.6 Å². The first-order valence-corrected chi connectivity index (χ1v) is 14.6. The highest BCUT2D eigenvalue weighted by molar-refractivity contribution is 5.25. The van der Waals surface area contributed by atoms with Gasteiger partial charge in [0.15, 0.2) is 23.7 Å². The maximum absolute atomic E-state index is 15.3. The fourth-order valence-corrected chi connectivity index (χ4v) is 6.42.